The Hall–Kier alpha value is -1.24. The average molecular weight is 326 g/mol. The first-order chi connectivity index (χ1) is 7.86. The Balaban J connectivity index is 1.87. The van der Waals surface area contributed by atoms with Gasteiger partial charge in [-0.2, -0.15) is 0 Å². The fourth-order valence-electron chi connectivity index (χ4n) is 1.31. The largest absolute Gasteiger partial charge is 0.369 e. The molecule has 16 heavy (non-hydrogen) atoms. The lowest BCUT2D eigenvalue weighted by molar-refractivity contribution is 0.984. The van der Waals surface area contributed by atoms with Crippen LogP contribution in [-0.4, -0.2) is 21.5 Å². The summed E-state index contributed by atoms with van der Waals surface area (Å²) in [5.74, 6) is 0.888. The van der Waals surface area contributed by atoms with Gasteiger partial charge < -0.3 is 5.32 Å². The van der Waals surface area contributed by atoms with Gasteiger partial charge in [0.25, 0.3) is 0 Å². The summed E-state index contributed by atoms with van der Waals surface area (Å²) in [5.41, 5.74) is 1.22. The molecule has 0 aliphatic carbocycles. The highest BCUT2D eigenvalue weighted by molar-refractivity contribution is 14.1. The Labute approximate surface area is 108 Å². The SMILES string of the molecule is Ic1cncnc1NCCc1cccnc1. The zero-order valence-corrected chi connectivity index (χ0v) is 10.8. The third-order valence-electron chi connectivity index (χ3n) is 2.10. The van der Waals surface area contributed by atoms with Gasteiger partial charge in [0.05, 0.1) is 3.57 Å². The van der Waals surface area contributed by atoms with Crippen LogP contribution >= 0.6 is 22.6 Å². The molecule has 0 saturated heterocycles. The first-order valence-electron chi connectivity index (χ1n) is 4.94. The fourth-order valence-corrected chi connectivity index (χ4v) is 1.80. The molecule has 0 fully saturated rings. The zero-order chi connectivity index (χ0) is 11.2. The molecule has 0 aromatic carbocycles. The van der Waals surface area contributed by atoms with Crippen LogP contribution in [0.15, 0.2) is 37.1 Å². The van der Waals surface area contributed by atoms with E-state index in [0.717, 1.165) is 22.4 Å². The molecule has 0 spiro atoms. The molecule has 4 nitrogen and oxygen atoms in total. The lowest BCUT2D eigenvalue weighted by Crippen LogP contribution is -2.07. The number of hydrogen-bond acceptors (Lipinski definition) is 4. The molecule has 0 atom stereocenters. The van der Waals surface area contributed by atoms with E-state index in [-0.39, 0.29) is 0 Å². The van der Waals surface area contributed by atoms with Gasteiger partial charge in [0.15, 0.2) is 0 Å². The summed E-state index contributed by atoms with van der Waals surface area (Å²) in [6.07, 6.45) is 7.94. The zero-order valence-electron chi connectivity index (χ0n) is 8.60. The molecule has 0 aliphatic rings. The predicted octanol–water partition coefficient (Wildman–Crippen LogP) is 2.13. The number of pyridine rings is 1. The molecular formula is C11H11IN4. The van der Waals surface area contributed by atoms with E-state index in [2.05, 4.69) is 48.9 Å². The van der Waals surface area contributed by atoms with Crippen molar-refractivity contribution in [2.75, 3.05) is 11.9 Å². The Bertz CT molecular complexity index is 447. The number of rotatable bonds is 4. The quantitative estimate of drug-likeness (QED) is 0.875. The predicted molar refractivity (Wildman–Crippen MR) is 71.2 cm³/mol. The van der Waals surface area contributed by atoms with Crippen molar-refractivity contribution in [2.45, 2.75) is 6.42 Å². The molecule has 0 bridgehead atoms. The number of hydrogen-bond donors (Lipinski definition) is 1. The normalized spacial score (nSPS) is 10.1. The Morgan fingerprint density at radius 2 is 2.19 bits per heavy atom. The van der Waals surface area contributed by atoms with Gasteiger partial charge in [-0.1, -0.05) is 6.07 Å². The number of anilines is 1. The second-order valence-electron chi connectivity index (χ2n) is 3.26. The van der Waals surface area contributed by atoms with Gasteiger partial charge in [0.2, 0.25) is 0 Å². The highest BCUT2D eigenvalue weighted by Gasteiger charge is 1.99. The maximum Gasteiger partial charge on any atom is 0.142 e. The van der Waals surface area contributed by atoms with E-state index in [9.17, 15) is 0 Å². The molecule has 0 unspecified atom stereocenters. The minimum absolute atomic E-state index is 0.846. The maximum absolute atomic E-state index is 4.16. The Morgan fingerprint density at radius 3 is 2.94 bits per heavy atom. The van der Waals surface area contributed by atoms with E-state index in [1.54, 1.807) is 18.7 Å². The summed E-state index contributed by atoms with van der Waals surface area (Å²) in [6.45, 7) is 0.846. The van der Waals surface area contributed by atoms with Crippen LogP contribution in [0.5, 0.6) is 0 Å². The van der Waals surface area contributed by atoms with Gasteiger partial charge >= 0.3 is 0 Å². The van der Waals surface area contributed by atoms with E-state index in [1.165, 1.54) is 5.56 Å². The van der Waals surface area contributed by atoms with Crippen LogP contribution in [0, 0.1) is 3.57 Å². The summed E-state index contributed by atoms with van der Waals surface area (Å²) < 4.78 is 1.03. The molecule has 0 radical (unpaired) electrons. The fraction of sp³-hybridized carbons (Fsp3) is 0.182. The van der Waals surface area contributed by atoms with Gasteiger partial charge in [-0.25, -0.2) is 9.97 Å². The molecule has 1 N–H and O–H groups in total. The summed E-state index contributed by atoms with van der Waals surface area (Å²) in [4.78, 5) is 12.2. The highest BCUT2D eigenvalue weighted by Crippen LogP contribution is 2.12. The third-order valence-corrected chi connectivity index (χ3v) is 2.89. The molecule has 2 aromatic heterocycles. The van der Waals surface area contributed by atoms with Gasteiger partial charge in [0, 0.05) is 25.1 Å². The van der Waals surface area contributed by atoms with Crippen molar-refractivity contribution >= 4 is 28.4 Å². The Morgan fingerprint density at radius 1 is 1.25 bits per heavy atom. The van der Waals surface area contributed by atoms with Crippen molar-refractivity contribution in [3.05, 3.63) is 46.2 Å². The third kappa shape index (κ3) is 3.13. The second-order valence-corrected chi connectivity index (χ2v) is 4.42. The smallest absolute Gasteiger partial charge is 0.142 e. The Kier molecular flexibility index (Phi) is 4.03. The first kappa shape index (κ1) is 11.3. The second kappa shape index (κ2) is 5.74. The molecular weight excluding hydrogens is 315 g/mol. The summed E-state index contributed by atoms with van der Waals surface area (Å²) >= 11 is 2.21. The van der Waals surface area contributed by atoms with Crippen LogP contribution < -0.4 is 5.32 Å². The van der Waals surface area contributed by atoms with E-state index in [4.69, 9.17) is 0 Å². The standard InChI is InChI=1S/C11H11IN4/c12-10-7-14-8-16-11(10)15-5-3-9-2-1-4-13-6-9/h1-2,4,6-8H,3,5H2,(H,14,15,16). The van der Waals surface area contributed by atoms with Gasteiger partial charge in [-0.15, -0.1) is 0 Å². The van der Waals surface area contributed by atoms with Crippen molar-refractivity contribution in [2.24, 2.45) is 0 Å². The van der Waals surface area contributed by atoms with Crippen LogP contribution in [0.3, 0.4) is 0 Å². The molecule has 2 heterocycles. The van der Waals surface area contributed by atoms with E-state index >= 15 is 0 Å². The molecule has 2 aromatic rings. The van der Waals surface area contributed by atoms with Crippen molar-refractivity contribution in [3.8, 4) is 0 Å². The van der Waals surface area contributed by atoms with Crippen molar-refractivity contribution in [3.63, 3.8) is 0 Å². The lowest BCUT2D eigenvalue weighted by Gasteiger charge is -2.06. The summed E-state index contributed by atoms with van der Waals surface area (Å²) in [5, 5.41) is 3.28. The van der Waals surface area contributed by atoms with Crippen molar-refractivity contribution < 1.29 is 0 Å². The number of aromatic nitrogens is 3. The molecule has 82 valence electrons. The summed E-state index contributed by atoms with van der Waals surface area (Å²) in [6, 6.07) is 4.02. The van der Waals surface area contributed by atoms with E-state index in [0.29, 0.717) is 0 Å². The average Bonchev–Trinajstić information content (AvgIpc) is 2.33. The van der Waals surface area contributed by atoms with Gasteiger partial charge in [-0.05, 0) is 40.6 Å². The van der Waals surface area contributed by atoms with Gasteiger partial charge in [0.1, 0.15) is 12.1 Å². The molecule has 0 saturated carbocycles. The van der Waals surface area contributed by atoms with Crippen LogP contribution in [0.25, 0.3) is 0 Å². The maximum atomic E-state index is 4.16. The van der Waals surface area contributed by atoms with Crippen molar-refractivity contribution in [1.29, 1.82) is 0 Å². The van der Waals surface area contributed by atoms with Crippen LogP contribution in [0.1, 0.15) is 5.56 Å². The van der Waals surface area contributed by atoms with E-state index in [1.807, 2.05) is 12.3 Å². The molecule has 5 heteroatoms. The number of halogens is 1. The van der Waals surface area contributed by atoms with Crippen molar-refractivity contribution in [1.82, 2.24) is 15.0 Å². The topological polar surface area (TPSA) is 50.7 Å². The minimum atomic E-state index is 0.846. The van der Waals surface area contributed by atoms with Crippen LogP contribution in [0.2, 0.25) is 0 Å². The van der Waals surface area contributed by atoms with Crippen LogP contribution in [0.4, 0.5) is 5.82 Å². The number of nitrogens with zero attached hydrogens (tertiary/aromatic N) is 3. The van der Waals surface area contributed by atoms with E-state index < -0.39 is 0 Å². The highest BCUT2D eigenvalue weighted by atomic mass is 127. The molecule has 0 amide bonds. The van der Waals surface area contributed by atoms with Crippen LogP contribution in [-0.2, 0) is 6.42 Å². The lowest BCUT2D eigenvalue weighted by atomic mass is 10.2. The first-order valence-corrected chi connectivity index (χ1v) is 6.02. The monoisotopic (exact) mass is 326 g/mol. The van der Waals surface area contributed by atoms with Gasteiger partial charge in [-0.3, -0.25) is 4.98 Å². The number of nitrogens with one attached hydrogen (secondary N) is 1. The minimum Gasteiger partial charge on any atom is -0.369 e. The summed E-state index contributed by atoms with van der Waals surface area (Å²) in [7, 11) is 0. The molecule has 2 rings (SSSR count). The molecule has 0 aliphatic heterocycles.